The van der Waals surface area contributed by atoms with E-state index in [0.717, 1.165) is 79.8 Å². The number of aromatic nitrogens is 4. The molecule has 236 valence electrons. The molecule has 11 heteroatoms. The van der Waals surface area contributed by atoms with Crippen LogP contribution in [0.2, 0.25) is 0 Å². The lowest BCUT2D eigenvalue weighted by Crippen LogP contribution is -2.44. The molecule has 0 unspecified atom stereocenters. The third-order valence-corrected chi connectivity index (χ3v) is 9.26. The van der Waals surface area contributed by atoms with Crippen molar-refractivity contribution in [3.8, 4) is 11.3 Å². The van der Waals surface area contributed by atoms with E-state index in [1.807, 2.05) is 60.9 Å². The second kappa shape index (κ2) is 14.1. The van der Waals surface area contributed by atoms with E-state index in [9.17, 15) is 14.7 Å². The molecular weight excluding hydrogens is 568 g/mol. The molecule has 2 aliphatic rings. The zero-order valence-electron chi connectivity index (χ0n) is 25.9. The maximum atomic E-state index is 13.6. The van der Waals surface area contributed by atoms with E-state index in [1.54, 1.807) is 10.9 Å². The molecule has 1 aliphatic heterocycles. The number of carbonyl (C=O) groups excluding carboxylic acids is 1. The smallest absolute Gasteiger partial charge is 0.407 e. The fourth-order valence-electron chi connectivity index (χ4n) is 6.45. The van der Waals surface area contributed by atoms with Crippen molar-refractivity contribution >= 4 is 28.7 Å². The van der Waals surface area contributed by atoms with Crippen LogP contribution in [0, 0.1) is 11.8 Å². The summed E-state index contributed by atoms with van der Waals surface area (Å²) < 4.78 is 1.76. The molecule has 1 aromatic carbocycles. The average molecular weight is 611 g/mol. The van der Waals surface area contributed by atoms with Gasteiger partial charge in [0.05, 0.1) is 23.3 Å². The molecule has 45 heavy (non-hydrogen) atoms. The topological polar surface area (TPSA) is 120 Å². The highest BCUT2D eigenvalue weighted by atomic mass is 16.4. The Labute approximate surface area is 263 Å². The van der Waals surface area contributed by atoms with Crippen molar-refractivity contribution in [1.82, 2.24) is 34.9 Å². The van der Waals surface area contributed by atoms with Crippen molar-refractivity contribution in [2.24, 2.45) is 11.8 Å². The van der Waals surface area contributed by atoms with Crippen LogP contribution in [0.15, 0.2) is 67.1 Å². The molecule has 2 N–H and O–H groups in total. The predicted octanol–water partition coefficient (Wildman–Crippen LogP) is 4.46. The molecular formula is C34H42N8O3. The van der Waals surface area contributed by atoms with E-state index in [-0.39, 0.29) is 5.91 Å². The van der Waals surface area contributed by atoms with Gasteiger partial charge in [-0.1, -0.05) is 18.2 Å². The summed E-state index contributed by atoms with van der Waals surface area (Å²) in [4.78, 5) is 41.2. The number of carboxylic acid groups (broad SMARTS) is 1. The number of amides is 2. The van der Waals surface area contributed by atoms with Gasteiger partial charge in [-0.25, -0.2) is 14.8 Å². The van der Waals surface area contributed by atoms with E-state index in [4.69, 9.17) is 9.97 Å². The number of likely N-dealkylation sites (N-methyl/N-ethyl adjacent to an activating group) is 1. The highest BCUT2D eigenvalue weighted by molar-refractivity contribution is 6.07. The average Bonchev–Trinajstić information content (AvgIpc) is 3.60. The Kier molecular flexibility index (Phi) is 9.54. The monoisotopic (exact) mass is 610 g/mol. The van der Waals surface area contributed by atoms with Crippen LogP contribution in [0.5, 0.6) is 0 Å². The first kappa shape index (κ1) is 30.5. The molecule has 4 heterocycles. The van der Waals surface area contributed by atoms with Crippen molar-refractivity contribution < 1.29 is 14.7 Å². The van der Waals surface area contributed by atoms with Crippen LogP contribution < -0.4 is 10.2 Å². The van der Waals surface area contributed by atoms with Gasteiger partial charge < -0.3 is 25.1 Å². The zero-order chi connectivity index (χ0) is 31.2. The van der Waals surface area contributed by atoms with Gasteiger partial charge >= 0.3 is 6.09 Å². The molecule has 3 aromatic heterocycles. The van der Waals surface area contributed by atoms with E-state index in [0.29, 0.717) is 43.6 Å². The molecule has 6 rings (SSSR count). The van der Waals surface area contributed by atoms with Gasteiger partial charge in [0.25, 0.3) is 5.91 Å². The van der Waals surface area contributed by atoms with Crippen molar-refractivity contribution in [3.05, 3.63) is 72.7 Å². The standard InChI is InChI=1S/C34H42N8O3/c1-39-15-17-40(18-16-39)32-12-11-27(23-35-32)31-21-29(28-5-2-3-6-30(28)38-31)33(43)36-22-25-7-9-26(10-8-25)24-41(34(44)45)19-20-42-14-4-13-37-42/h2-6,11-14,21,23,25-26H,7-10,15-20,22,24H2,1H3,(H,36,43)(H,44,45)/t25-,26-. The Morgan fingerprint density at radius 3 is 2.49 bits per heavy atom. The van der Waals surface area contributed by atoms with E-state index in [1.165, 1.54) is 4.90 Å². The van der Waals surface area contributed by atoms with Gasteiger partial charge in [0.2, 0.25) is 0 Å². The molecule has 0 atom stereocenters. The number of hydrogen-bond acceptors (Lipinski definition) is 7. The fraction of sp³-hybridized carbons (Fsp3) is 0.441. The Morgan fingerprint density at radius 1 is 1.00 bits per heavy atom. The van der Waals surface area contributed by atoms with Crippen LogP contribution in [0.1, 0.15) is 36.0 Å². The second-order valence-corrected chi connectivity index (χ2v) is 12.4. The summed E-state index contributed by atoms with van der Waals surface area (Å²) in [6.07, 6.45) is 8.34. The molecule has 0 spiro atoms. The number of anilines is 1. The zero-order valence-corrected chi connectivity index (χ0v) is 25.9. The number of fused-ring (bicyclic) bond motifs is 1. The lowest BCUT2D eigenvalue weighted by atomic mass is 9.81. The molecule has 1 aliphatic carbocycles. The number of pyridine rings is 2. The van der Waals surface area contributed by atoms with Crippen LogP contribution in [0.25, 0.3) is 22.2 Å². The summed E-state index contributed by atoms with van der Waals surface area (Å²) in [5, 5.41) is 17.9. The van der Waals surface area contributed by atoms with Crippen LogP contribution in [0.3, 0.4) is 0 Å². The highest BCUT2D eigenvalue weighted by Crippen LogP contribution is 2.30. The van der Waals surface area contributed by atoms with Gasteiger partial charge in [-0.05, 0) is 74.9 Å². The van der Waals surface area contributed by atoms with Crippen molar-refractivity contribution in [2.75, 3.05) is 57.8 Å². The molecule has 4 aromatic rings. The van der Waals surface area contributed by atoms with Gasteiger partial charge in [-0.2, -0.15) is 5.10 Å². The molecule has 1 saturated carbocycles. The lowest BCUT2D eigenvalue weighted by Gasteiger charge is -2.33. The number of rotatable bonds is 10. The largest absolute Gasteiger partial charge is 0.465 e. The first-order valence-electron chi connectivity index (χ1n) is 16.0. The Bertz CT molecular complexity index is 1580. The second-order valence-electron chi connectivity index (χ2n) is 12.4. The summed E-state index contributed by atoms with van der Waals surface area (Å²) in [6, 6.07) is 15.6. The summed E-state index contributed by atoms with van der Waals surface area (Å²) in [6.45, 7) is 6.05. The quantitative estimate of drug-likeness (QED) is 0.270. The maximum absolute atomic E-state index is 13.6. The Hall–Kier alpha value is -4.51. The van der Waals surface area contributed by atoms with Gasteiger partial charge in [-0.3, -0.25) is 9.48 Å². The lowest BCUT2D eigenvalue weighted by molar-refractivity contribution is 0.0937. The molecule has 1 saturated heterocycles. The fourth-order valence-corrected chi connectivity index (χ4v) is 6.45. The minimum atomic E-state index is -0.887. The molecule has 2 amide bonds. The SMILES string of the molecule is CN1CCN(c2ccc(-c3cc(C(=O)NC[C@H]4CC[C@H](CN(CCn5cccn5)C(=O)O)CC4)c4ccccc4n3)cn2)CC1. The number of piperazine rings is 1. The number of para-hydroxylation sites is 1. The molecule has 0 radical (unpaired) electrons. The van der Waals surface area contributed by atoms with Gasteiger partial charge in [0, 0.05) is 75.4 Å². The molecule has 11 nitrogen and oxygen atoms in total. The van der Waals surface area contributed by atoms with Crippen LogP contribution in [-0.4, -0.2) is 99.5 Å². The van der Waals surface area contributed by atoms with Crippen LogP contribution >= 0.6 is 0 Å². The molecule has 2 fully saturated rings. The van der Waals surface area contributed by atoms with Gasteiger partial charge in [0.15, 0.2) is 0 Å². The van der Waals surface area contributed by atoms with E-state index in [2.05, 4.69) is 27.3 Å². The summed E-state index contributed by atoms with van der Waals surface area (Å²) in [5.74, 6) is 1.56. The number of benzene rings is 1. The van der Waals surface area contributed by atoms with Crippen molar-refractivity contribution in [1.29, 1.82) is 0 Å². The predicted molar refractivity (Wildman–Crippen MR) is 174 cm³/mol. The number of nitrogens with zero attached hydrogens (tertiary/aromatic N) is 7. The van der Waals surface area contributed by atoms with E-state index >= 15 is 0 Å². The van der Waals surface area contributed by atoms with Gasteiger partial charge in [0.1, 0.15) is 5.82 Å². The third kappa shape index (κ3) is 7.59. The van der Waals surface area contributed by atoms with Crippen molar-refractivity contribution in [2.45, 2.75) is 32.2 Å². The third-order valence-electron chi connectivity index (χ3n) is 9.26. The Balaban J connectivity index is 1.06. The first-order valence-corrected chi connectivity index (χ1v) is 16.0. The van der Waals surface area contributed by atoms with Crippen LogP contribution in [0.4, 0.5) is 10.6 Å². The van der Waals surface area contributed by atoms with Gasteiger partial charge in [-0.15, -0.1) is 0 Å². The summed E-state index contributed by atoms with van der Waals surface area (Å²) in [7, 11) is 2.14. The van der Waals surface area contributed by atoms with E-state index < -0.39 is 6.09 Å². The summed E-state index contributed by atoms with van der Waals surface area (Å²) in [5.41, 5.74) is 3.00. The number of hydrogen-bond donors (Lipinski definition) is 2. The molecule has 0 bridgehead atoms. The first-order chi connectivity index (χ1) is 21.9. The number of carbonyl (C=O) groups is 2. The van der Waals surface area contributed by atoms with Crippen LogP contribution in [-0.2, 0) is 6.54 Å². The minimum absolute atomic E-state index is 0.102. The highest BCUT2D eigenvalue weighted by Gasteiger charge is 2.26. The summed E-state index contributed by atoms with van der Waals surface area (Å²) >= 11 is 0. The van der Waals surface area contributed by atoms with Crippen molar-refractivity contribution in [3.63, 3.8) is 0 Å². The maximum Gasteiger partial charge on any atom is 0.407 e. The normalized spacial score (nSPS) is 19.0. The number of nitrogens with one attached hydrogen (secondary N) is 1. The minimum Gasteiger partial charge on any atom is -0.465 e. The Morgan fingerprint density at radius 2 is 1.78 bits per heavy atom.